The van der Waals surface area contributed by atoms with Crippen molar-refractivity contribution in [3.63, 3.8) is 0 Å². The Bertz CT molecular complexity index is 357. The number of benzene rings is 1. The molecule has 0 spiro atoms. The number of carbonyl (C=O) groups is 1. The molecule has 4 heteroatoms. The van der Waals surface area contributed by atoms with Gasteiger partial charge in [0.2, 0.25) is 0 Å². The second kappa shape index (κ2) is 5.80. The standard InChI is InChI=1S/C13H16O4/c1-15-13(14)12(10-6-3-2-4-7-10)17-11-8-5-9-16-11/h2-4,6-7,11-12H,5,8-9H2,1H3/t11?,12-/m1/s1. The van der Waals surface area contributed by atoms with E-state index in [1.54, 1.807) is 0 Å². The van der Waals surface area contributed by atoms with Crippen LogP contribution in [-0.4, -0.2) is 26.0 Å². The van der Waals surface area contributed by atoms with Gasteiger partial charge < -0.3 is 14.2 Å². The SMILES string of the molecule is COC(=O)[C@H](OC1CCCO1)c1ccccc1. The van der Waals surface area contributed by atoms with Crippen molar-refractivity contribution in [3.8, 4) is 0 Å². The molecule has 0 N–H and O–H groups in total. The number of ether oxygens (including phenoxy) is 3. The maximum absolute atomic E-state index is 11.7. The Kier molecular flexibility index (Phi) is 4.12. The average molecular weight is 236 g/mol. The topological polar surface area (TPSA) is 44.8 Å². The summed E-state index contributed by atoms with van der Waals surface area (Å²) in [6.45, 7) is 0.688. The van der Waals surface area contributed by atoms with E-state index in [-0.39, 0.29) is 6.29 Å². The Morgan fingerprint density at radius 2 is 2.18 bits per heavy atom. The second-order valence-electron chi connectivity index (χ2n) is 3.89. The number of esters is 1. The Balaban J connectivity index is 2.10. The van der Waals surface area contributed by atoms with Crippen molar-refractivity contribution in [1.29, 1.82) is 0 Å². The van der Waals surface area contributed by atoms with Crippen LogP contribution in [-0.2, 0) is 19.0 Å². The Hall–Kier alpha value is -1.39. The van der Waals surface area contributed by atoms with Crippen LogP contribution in [0.25, 0.3) is 0 Å². The fraction of sp³-hybridized carbons (Fsp3) is 0.462. The van der Waals surface area contributed by atoms with Crippen molar-refractivity contribution < 1.29 is 19.0 Å². The average Bonchev–Trinajstić information content (AvgIpc) is 2.89. The molecule has 1 saturated heterocycles. The lowest BCUT2D eigenvalue weighted by Crippen LogP contribution is -2.23. The summed E-state index contributed by atoms with van der Waals surface area (Å²) in [7, 11) is 1.36. The zero-order valence-corrected chi connectivity index (χ0v) is 9.80. The van der Waals surface area contributed by atoms with Crippen LogP contribution >= 0.6 is 0 Å². The highest BCUT2D eigenvalue weighted by Gasteiger charge is 2.28. The van der Waals surface area contributed by atoms with Crippen LogP contribution in [0.4, 0.5) is 0 Å². The maximum atomic E-state index is 11.7. The first-order chi connectivity index (χ1) is 8.31. The first-order valence-corrected chi connectivity index (χ1v) is 5.71. The fourth-order valence-corrected chi connectivity index (χ4v) is 1.81. The number of methoxy groups -OCH3 is 1. The maximum Gasteiger partial charge on any atom is 0.339 e. The molecule has 0 bridgehead atoms. The molecule has 0 radical (unpaired) electrons. The van der Waals surface area contributed by atoms with Gasteiger partial charge in [0.15, 0.2) is 12.4 Å². The molecule has 1 aromatic rings. The molecule has 1 aliphatic heterocycles. The molecule has 1 aromatic carbocycles. The van der Waals surface area contributed by atoms with E-state index in [9.17, 15) is 4.79 Å². The van der Waals surface area contributed by atoms with E-state index in [2.05, 4.69) is 0 Å². The summed E-state index contributed by atoms with van der Waals surface area (Å²) in [5.41, 5.74) is 0.787. The van der Waals surface area contributed by atoms with E-state index in [0.29, 0.717) is 6.61 Å². The van der Waals surface area contributed by atoms with E-state index in [1.807, 2.05) is 30.3 Å². The summed E-state index contributed by atoms with van der Waals surface area (Å²) >= 11 is 0. The number of hydrogen-bond acceptors (Lipinski definition) is 4. The van der Waals surface area contributed by atoms with Gasteiger partial charge in [-0.15, -0.1) is 0 Å². The molecule has 2 atom stereocenters. The van der Waals surface area contributed by atoms with Crippen LogP contribution in [0.2, 0.25) is 0 Å². The van der Waals surface area contributed by atoms with Gasteiger partial charge in [-0.3, -0.25) is 0 Å². The van der Waals surface area contributed by atoms with Gasteiger partial charge in [0, 0.05) is 13.0 Å². The van der Waals surface area contributed by atoms with Crippen LogP contribution in [0.15, 0.2) is 30.3 Å². The summed E-state index contributed by atoms with van der Waals surface area (Å²) < 4.78 is 15.8. The smallest absolute Gasteiger partial charge is 0.339 e. The van der Waals surface area contributed by atoms with Gasteiger partial charge in [0.25, 0.3) is 0 Å². The monoisotopic (exact) mass is 236 g/mol. The first kappa shape index (κ1) is 12.1. The molecular formula is C13H16O4. The number of rotatable bonds is 4. The molecule has 92 valence electrons. The van der Waals surface area contributed by atoms with Crippen LogP contribution in [0.1, 0.15) is 24.5 Å². The van der Waals surface area contributed by atoms with Gasteiger partial charge in [0.1, 0.15) is 0 Å². The number of carbonyl (C=O) groups excluding carboxylic acids is 1. The predicted octanol–water partition coefficient (Wildman–Crippen LogP) is 2.05. The van der Waals surface area contributed by atoms with E-state index in [4.69, 9.17) is 14.2 Å². The fourth-order valence-electron chi connectivity index (χ4n) is 1.81. The Morgan fingerprint density at radius 3 is 2.76 bits per heavy atom. The first-order valence-electron chi connectivity index (χ1n) is 5.71. The normalized spacial score (nSPS) is 21.1. The van der Waals surface area contributed by atoms with Crippen LogP contribution in [0.3, 0.4) is 0 Å². The minimum Gasteiger partial charge on any atom is -0.467 e. The van der Waals surface area contributed by atoms with Crippen molar-refractivity contribution in [2.75, 3.05) is 13.7 Å². The third-order valence-corrected chi connectivity index (χ3v) is 2.69. The van der Waals surface area contributed by atoms with Gasteiger partial charge in [0.05, 0.1) is 7.11 Å². The summed E-state index contributed by atoms with van der Waals surface area (Å²) in [6.07, 6.45) is 0.775. The molecule has 1 aliphatic rings. The van der Waals surface area contributed by atoms with Crippen molar-refractivity contribution in [1.82, 2.24) is 0 Å². The highest BCUT2D eigenvalue weighted by molar-refractivity contribution is 5.76. The third kappa shape index (κ3) is 3.05. The zero-order valence-electron chi connectivity index (χ0n) is 9.80. The van der Waals surface area contributed by atoms with Crippen LogP contribution in [0, 0.1) is 0 Å². The molecule has 0 aromatic heterocycles. The second-order valence-corrected chi connectivity index (χ2v) is 3.89. The van der Waals surface area contributed by atoms with Crippen LogP contribution < -0.4 is 0 Å². The van der Waals surface area contributed by atoms with E-state index in [1.165, 1.54) is 7.11 Å². The molecular weight excluding hydrogens is 220 g/mol. The molecule has 1 unspecified atom stereocenters. The van der Waals surface area contributed by atoms with E-state index < -0.39 is 12.1 Å². The largest absolute Gasteiger partial charge is 0.467 e. The Labute approximate surface area is 100 Å². The van der Waals surface area contributed by atoms with Gasteiger partial charge in [-0.05, 0) is 12.0 Å². The third-order valence-electron chi connectivity index (χ3n) is 2.69. The minimum atomic E-state index is -0.704. The van der Waals surface area contributed by atoms with Crippen molar-refractivity contribution in [2.45, 2.75) is 25.2 Å². The molecule has 0 saturated carbocycles. The summed E-state index contributed by atoms with van der Waals surface area (Å²) in [5.74, 6) is -0.397. The predicted molar refractivity (Wildman–Crippen MR) is 61.3 cm³/mol. The summed E-state index contributed by atoms with van der Waals surface area (Å²) in [6, 6.07) is 9.31. The lowest BCUT2D eigenvalue weighted by Gasteiger charge is -2.19. The lowest BCUT2D eigenvalue weighted by atomic mass is 10.1. The molecule has 0 aliphatic carbocycles. The molecule has 0 amide bonds. The van der Waals surface area contributed by atoms with E-state index in [0.717, 1.165) is 18.4 Å². The van der Waals surface area contributed by atoms with E-state index >= 15 is 0 Å². The van der Waals surface area contributed by atoms with Crippen molar-refractivity contribution in [3.05, 3.63) is 35.9 Å². The van der Waals surface area contributed by atoms with Gasteiger partial charge in [-0.1, -0.05) is 30.3 Å². The molecule has 17 heavy (non-hydrogen) atoms. The summed E-state index contributed by atoms with van der Waals surface area (Å²) in [5, 5.41) is 0. The highest BCUT2D eigenvalue weighted by atomic mass is 16.7. The van der Waals surface area contributed by atoms with Gasteiger partial charge in [-0.2, -0.15) is 0 Å². The van der Waals surface area contributed by atoms with Crippen molar-refractivity contribution in [2.24, 2.45) is 0 Å². The zero-order chi connectivity index (χ0) is 12.1. The molecule has 1 fully saturated rings. The minimum absolute atomic E-state index is 0.306. The van der Waals surface area contributed by atoms with Crippen molar-refractivity contribution >= 4 is 5.97 Å². The highest BCUT2D eigenvalue weighted by Crippen LogP contribution is 2.25. The molecule has 2 rings (SSSR count). The molecule has 4 nitrogen and oxygen atoms in total. The van der Waals surface area contributed by atoms with Gasteiger partial charge in [-0.25, -0.2) is 4.79 Å². The lowest BCUT2D eigenvalue weighted by molar-refractivity contribution is -0.181. The summed E-state index contributed by atoms with van der Waals surface area (Å²) in [4.78, 5) is 11.7. The quantitative estimate of drug-likeness (QED) is 0.750. The van der Waals surface area contributed by atoms with Crippen LogP contribution in [0.5, 0.6) is 0 Å². The number of hydrogen-bond donors (Lipinski definition) is 0. The van der Waals surface area contributed by atoms with Gasteiger partial charge >= 0.3 is 5.97 Å². The molecule has 1 heterocycles. The Morgan fingerprint density at radius 1 is 1.41 bits per heavy atom.